The second kappa shape index (κ2) is 11.4. The molecule has 1 aromatic carbocycles. The van der Waals surface area contributed by atoms with Crippen molar-refractivity contribution < 1.29 is 37.0 Å². The fraction of sp³-hybridized carbons (Fsp3) is 0.567. The third-order valence-electron chi connectivity index (χ3n) is 9.28. The van der Waals surface area contributed by atoms with Gasteiger partial charge in [-0.25, -0.2) is 9.37 Å². The van der Waals surface area contributed by atoms with Gasteiger partial charge in [0, 0.05) is 37.3 Å². The zero-order chi connectivity index (χ0) is 30.3. The molecule has 2 saturated heterocycles. The van der Waals surface area contributed by atoms with Crippen molar-refractivity contribution in [3.63, 3.8) is 0 Å². The van der Waals surface area contributed by atoms with Crippen molar-refractivity contribution in [1.82, 2.24) is 14.8 Å². The number of rotatable bonds is 8. The molecule has 2 atom stereocenters. The van der Waals surface area contributed by atoms with E-state index in [4.69, 9.17) is 10.5 Å². The Kier molecular flexibility index (Phi) is 8.23. The molecule has 0 spiro atoms. The van der Waals surface area contributed by atoms with Crippen molar-refractivity contribution >= 4 is 11.8 Å². The number of likely N-dealkylation sites (tertiary alicyclic amines) is 2. The molecular formula is C30H36F4N4O4. The van der Waals surface area contributed by atoms with Crippen molar-refractivity contribution in [2.45, 2.75) is 63.3 Å². The topological polar surface area (TPSA) is 109 Å². The number of primary amides is 1. The molecule has 3 N–H and O–H groups in total. The first-order valence-corrected chi connectivity index (χ1v) is 14.3. The Bertz CT molecular complexity index is 1310. The van der Waals surface area contributed by atoms with Gasteiger partial charge < -0.3 is 25.4 Å². The van der Waals surface area contributed by atoms with Crippen molar-refractivity contribution in [3.8, 4) is 17.0 Å². The summed E-state index contributed by atoms with van der Waals surface area (Å²) in [5, 5.41) is 10.0. The number of carbonyl (C=O) groups is 2. The summed E-state index contributed by atoms with van der Waals surface area (Å²) in [6.07, 6.45) is -0.988. The minimum atomic E-state index is -4.15. The van der Waals surface area contributed by atoms with Gasteiger partial charge in [-0.05, 0) is 75.4 Å². The summed E-state index contributed by atoms with van der Waals surface area (Å²) < 4.78 is 61.4. The highest BCUT2D eigenvalue weighted by Crippen LogP contribution is 2.53. The van der Waals surface area contributed by atoms with Crippen LogP contribution < -0.4 is 10.5 Å². The van der Waals surface area contributed by atoms with Gasteiger partial charge in [0.05, 0.1) is 23.7 Å². The van der Waals surface area contributed by atoms with E-state index in [0.29, 0.717) is 43.1 Å². The highest BCUT2D eigenvalue weighted by molar-refractivity contribution is 5.99. The Hall–Kier alpha value is -3.25. The van der Waals surface area contributed by atoms with Crippen LogP contribution in [-0.4, -0.2) is 82.3 Å². The molecule has 2 aromatic rings. The number of alkyl halides is 3. The molecule has 2 amide bonds. The van der Waals surface area contributed by atoms with Crippen molar-refractivity contribution in [1.29, 1.82) is 0 Å². The second-order valence-electron chi connectivity index (χ2n) is 12.2. The average molecular weight is 593 g/mol. The summed E-state index contributed by atoms with van der Waals surface area (Å²) in [6.45, 7) is 3.05. The Morgan fingerprint density at radius 3 is 2.38 bits per heavy atom. The van der Waals surface area contributed by atoms with Crippen LogP contribution in [0.25, 0.3) is 11.1 Å². The summed E-state index contributed by atoms with van der Waals surface area (Å²) in [7, 11) is 0. The number of pyridine rings is 1. The number of nitrogens with zero attached hydrogens (tertiary/aromatic N) is 3. The highest BCUT2D eigenvalue weighted by atomic mass is 19.4. The normalized spacial score (nSPS) is 24.8. The standard InChI is InChI=1S/C30H36F4N4O4/c1-28(27(35)41)14-22(39)16-38(28)26(40)23-5-3-20(13-24(23)31)21-4-6-25(36-15-21)42-17-19-7-11-37(12-8-19)18-29(9-2-10-29)30(32,33)34/h3-6,13,15,19,22,39H,2,7-12,14,16-18H2,1H3,(H2,35,41). The number of hydrogen-bond acceptors (Lipinski definition) is 6. The molecule has 8 nitrogen and oxygen atoms in total. The summed E-state index contributed by atoms with van der Waals surface area (Å²) in [5.41, 5.74) is 3.37. The van der Waals surface area contributed by atoms with Gasteiger partial charge in [0.15, 0.2) is 0 Å². The molecule has 12 heteroatoms. The Labute approximate surface area is 241 Å². The zero-order valence-electron chi connectivity index (χ0n) is 23.5. The number of aromatic nitrogens is 1. The maximum atomic E-state index is 15.1. The third-order valence-corrected chi connectivity index (χ3v) is 9.28. The molecule has 1 aliphatic carbocycles. The van der Waals surface area contributed by atoms with Gasteiger partial charge in [0.1, 0.15) is 11.4 Å². The molecule has 42 heavy (non-hydrogen) atoms. The number of aliphatic hydroxyl groups excluding tert-OH is 1. The molecule has 2 aliphatic heterocycles. The Morgan fingerprint density at radius 2 is 1.83 bits per heavy atom. The lowest BCUT2D eigenvalue weighted by molar-refractivity contribution is -0.256. The Balaban J connectivity index is 1.14. The maximum absolute atomic E-state index is 15.1. The van der Waals surface area contributed by atoms with E-state index in [1.807, 2.05) is 4.90 Å². The number of amides is 2. The van der Waals surface area contributed by atoms with Crippen LogP contribution in [0.15, 0.2) is 36.5 Å². The van der Waals surface area contributed by atoms with E-state index in [1.165, 1.54) is 25.3 Å². The largest absolute Gasteiger partial charge is 0.477 e. The van der Waals surface area contributed by atoms with E-state index < -0.39 is 40.9 Å². The minimum Gasteiger partial charge on any atom is -0.477 e. The number of ether oxygens (including phenoxy) is 1. The lowest BCUT2D eigenvalue weighted by atomic mass is 9.67. The van der Waals surface area contributed by atoms with Crippen LogP contribution in [0.1, 0.15) is 55.8 Å². The van der Waals surface area contributed by atoms with Crippen LogP contribution in [0.4, 0.5) is 17.6 Å². The highest BCUT2D eigenvalue weighted by Gasteiger charge is 2.58. The second-order valence-corrected chi connectivity index (χ2v) is 12.2. The first kappa shape index (κ1) is 30.2. The van der Waals surface area contributed by atoms with Gasteiger partial charge in [0.2, 0.25) is 11.8 Å². The molecular weight excluding hydrogens is 556 g/mol. The molecule has 2 unspecified atom stereocenters. The third kappa shape index (κ3) is 5.83. The summed E-state index contributed by atoms with van der Waals surface area (Å²) in [6, 6.07) is 7.49. The number of aliphatic hydroxyl groups is 1. The van der Waals surface area contributed by atoms with Gasteiger partial charge in [-0.3, -0.25) is 9.59 Å². The number of hydrogen-bond donors (Lipinski definition) is 2. The molecule has 3 fully saturated rings. The van der Waals surface area contributed by atoms with E-state index in [1.54, 1.807) is 18.2 Å². The zero-order valence-corrected chi connectivity index (χ0v) is 23.5. The lowest BCUT2D eigenvalue weighted by Crippen LogP contribution is -2.54. The molecule has 1 aromatic heterocycles. The SMILES string of the molecule is CC1(C(N)=O)CC(O)CN1C(=O)c1ccc(-c2ccc(OCC3CCN(CC4(C(F)(F)F)CCC4)CC3)nc2)cc1F. The smallest absolute Gasteiger partial charge is 0.395 e. The fourth-order valence-corrected chi connectivity index (χ4v) is 6.31. The molecule has 1 saturated carbocycles. The van der Waals surface area contributed by atoms with E-state index in [-0.39, 0.29) is 43.8 Å². The van der Waals surface area contributed by atoms with Gasteiger partial charge in [-0.2, -0.15) is 13.2 Å². The summed E-state index contributed by atoms with van der Waals surface area (Å²) in [5.74, 6) is -1.68. The maximum Gasteiger partial charge on any atom is 0.395 e. The van der Waals surface area contributed by atoms with Crippen LogP contribution in [-0.2, 0) is 4.79 Å². The van der Waals surface area contributed by atoms with Crippen LogP contribution >= 0.6 is 0 Å². The van der Waals surface area contributed by atoms with Crippen LogP contribution in [0, 0.1) is 17.2 Å². The minimum absolute atomic E-state index is 0.0182. The fourth-order valence-electron chi connectivity index (χ4n) is 6.31. The van der Waals surface area contributed by atoms with E-state index in [0.717, 1.165) is 17.7 Å². The number of β-amino-alcohol motifs (C(OH)–C–C–N with tert-alkyl or cyclic N) is 1. The monoisotopic (exact) mass is 592 g/mol. The van der Waals surface area contributed by atoms with Crippen LogP contribution in [0.2, 0.25) is 0 Å². The molecule has 3 heterocycles. The summed E-state index contributed by atoms with van der Waals surface area (Å²) >= 11 is 0. The first-order chi connectivity index (χ1) is 19.8. The molecule has 228 valence electrons. The molecule has 0 bridgehead atoms. The quantitative estimate of drug-likeness (QED) is 0.446. The molecule has 0 radical (unpaired) electrons. The molecule has 3 aliphatic rings. The van der Waals surface area contributed by atoms with Crippen LogP contribution in [0.3, 0.4) is 0 Å². The number of piperidine rings is 1. The number of nitrogens with two attached hydrogens (primary N) is 1. The van der Waals surface area contributed by atoms with Crippen molar-refractivity contribution in [2.24, 2.45) is 17.1 Å². The number of benzene rings is 1. The average Bonchev–Trinajstić information content (AvgIpc) is 3.24. The van der Waals surface area contributed by atoms with E-state index in [9.17, 15) is 27.9 Å². The predicted molar refractivity (Wildman–Crippen MR) is 146 cm³/mol. The molecule has 5 rings (SSSR count). The summed E-state index contributed by atoms with van der Waals surface area (Å²) in [4.78, 5) is 32.4. The number of carbonyl (C=O) groups excluding carboxylic acids is 2. The predicted octanol–water partition coefficient (Wildman–Crippen LogP) is 4.16. The Morgan fingerprint density at radius 1 is 1.14 bits per heavy atom. The van der Waals surface area contributed by atoms with Gasteiger partial charge in [0.25, 0.3) is 5.91 Å². The van der Waals surface area contributed by atoms with Crippen LogP contribution in [0.5, 0.6) is 5.88 Å². The van der Waals surface area contributed by atoms with Crippen molar-refractivity contribution in [3.05, 3.63) is 47.9 Å². The number of halogens is 4. The van der Waals surface area contributed by atoms with E-state index >= 15 is 4.39 Å². The lowest BCUT2D eigenvalue weighted by Gasteiger charge is -2.47. The van der Waals surface area contributed by atoms with Gasteiger partial charge >= 0.3 is 6.18 Å². The van der Waals surface area contributed by atoms with Crippen molar-refractivity contribution in [2.75, 3.05) is 32.8 Å². The van der Waals surface area contributed by atoms with Gasteiger partial charge in [-0.15, -0.1) is 0 Å². The van der Waals surface area contributed by atoms with E-state index in [2.05, 4.69) is 4.98 Å². The van der Waals surface area contributed by atoms with Gasteiger partial charge in [-0.1, -0.05) is 12.5 Å². The first-order valence-electron chi connectivity index (χ1n) is 14.3.